The molecular weight excluding hydrogens is 294 g/mol. The minimum Gasteiger partial charge on any atom is -0.371 e. The molecule has 0 amide bonds. The first-order chi connectivity index (χ1) is 11.3. The van der Waals surface area contributed by atoms with Gasteiger partial charge in [0.2, 0.25) is 0 Å². The van der Waals surface area contributed by atoms with Crippen LogP contribution in [0.1, 0.15) is 25.0 Å². The fraction of sp³-hybridized carbons (Fsp3) is 0.750. The molecule has 5 saturated heterocycles. The Morgan fingerprint density at radius 3 is 2.22 bits per heavy atom. The third kappa shape index (κ3) is 2.38. The number of piperidine rings is 1. The Bertz CT molecular complexity index is 584. The van der Waals surface area contributed by atoms with Crippen LogP contribution >= 0.6 is 0 Å². The van der Waals surface area contributed by atoms with Crippen molar-refractivity contribution >= 4 is 11.5 Å². The fourth-order valence-corrected chi connectivity index (χ4v) is 4.33. The van der Waals surface area contributed by atoms with Crippen LogP contribution < -0.4 is 15.5 Å². The summed E-state index contributed by atoms with van der Waals surface area (Å²) in [6.07, 6.45) is 4.96. The number of rotatable bonds is 3. The Kier molecular flexibility index (Phi) is 3.21. The minimum atomic E-state index is 0.354. The molecule has 4 atom stereocenters. The smallest absolute Gasteiger partial charge is 0.153 e. The van der Waals surface area contributed by atoms with Crippen molar-refractivity contribution in [2.24, 2.45) is 5.73 Å². The number of ether oxygens (including phenoxy) is 2. The van der Waals surface area contributed by atoms with E-state index in [1.165, 1.54) is 6.42 Å². The Morgan fingerprint density at radius 1 is 0.957 bits per heavy atom. The van der Waals surface area contributed by atoms with E-state index in [-0.39, 0.29) is 0 Å². The largest absolute Gasteiger partial charge is 0.371 e. The highest BCUT2D eigenvalue weighted by atomic mass is 16.5. The summed E-state index contributed by atoms with van der Waals surface area (Å²) in [5, 5.41) is 8.84. The molecule has 0 aromatic carbocycles. The van der Waals surface area contributed by atoms with Crippen LogP contribution in [0.4, 0.5) is 11.5 Å². The molecule has 0 saturated carbocycles. The fourth-order valence-electron chi connectivity index (χ4n) is 4.33. The Labute approximate surface area is 135 Å². The van der Waals surface area contributed by atoms with Crippen LogP contribution in [-0.4, -0.2) is 60.8 Å². The number of anilines is 2. The van der Waals surface area contributed by atoms with Crippen LogP contribution in [0.3, 0.4) is 0 Å². The maximum Gasteiger partial charge on any atom is 0.153 e. The van der Waals surface area contributed by atoms with Gasteiger partial charge in [-0.2, -0.15) is 0 Å². The lowest BCUT2D eigenvalue weighted by Crippen LogP contribution is -2.57. The van der Waals surface area contributed by atoms with Gasteiger partial charge >= 0.3 is 0 Å². The zero-order valence-electron chi connectivity index (χ0n) is 13.2. The van der Waals surface area contributed by atoms with Crippen LogP contribution in [0.5, 0.6) is 0 Å². The van der Waals surface area contributed by atoms with E-state index in [9.17, 15) is 0 Å². The van der Waals surface area contributed by atoms with Crippen molar-refractivity contribution in [1.29, 1.82) is 0 Å². The van der Waals surface area contributed by atoms with Gasteiger partial charge in [-0.15, -0.1) is 10.2 Å². The van der Waals surface area contributed by atoms with Gasteiger partial charge in [0.1, 0.15) is 5.69 Å². The number of hydrogen-bond donors (Lipinski definition) is 1. The van der Waals surface area contributed by atoms with E-state index in [1.807, 2.05) is 0 Å². The predicted molar refractivity (Wildman–Crippen MR) is 85.5 cm³/mol. The predicted octanol–water partition coefficient (Wildman–Crippen LogP) is 0.280. The van der Waals surface area contributed by atoms with Gasteiger partial charge in [0.15, 0.2) is 5.82 Å². The minimum absolute atomic E-state index is 0.354. The zero-order chi connectivity index (χ0) is 15.4. The summed E-state index contributed by atoms with van der Waals surface area (Å²) in [7, 11) is 0. The molecule has 1 aromatic rings. The topological polar surface area (TPSA) is 76.7 Å². The van der Waals surface area contributed by atoms with E-state index in [0.29, 0.717) is 31.0 Å². The molecule has 5 aliphatic heterocycles. The quantitative estimate of drug-likeness (QED) is 0.858. The molecule has 4 unspecified atom stereocenters. The van der Waals surface area contributed by atoms with E-state index in [1.54, 1.807) is 0 Å². The molecule has 6 rings (SSSR count). The number of nitrogens with zero attached hydrogens (tertiary/aromatic N) is 4. The molecule has 0 aliphatic carbocycles. The highest BCUT2D eigenvalue weighted by molar-refractivity contribution is 5.58. The van der Waals surface area contributed by atoms with E-state index in [2.05, 4.69) is 26.1 Å². The van der Waals surface area contributed by atoms with E-state index < -0.39 is 0 Å². The number of aromatic nitrogens is 2. The summed E-state index contributed by atoms with van der Waals surface area (Å²) < 4.78 is 11.7. The Balaban J connectivity index is 1.43. The summed E-state index contributed by atoms with van der Waals surface area (Å²) >= 11 is 0. The van der Waals surface area contributed by atoms with Crippen molar-refractivity contribution in [3.05, 3.63) is 11.8 Å². The summed E-state index contributed by atoms with van der Waals surface area (Å²) in [5.41, 5.74) is 7.93. The van der Waals surface area contributed by atoms with Crippen molar-refractivity contribution in [2.45, 2.75) is 50.2 Å². The summed E-state index contributed by atoms with van der Waals surface area (Å²) in [6.45, 7) is 4.12. The van der Waals surface area contributed by atoms with Crippen LogP contribution in [0.25, 0.3) is 0 Å². The lowest BCUT2D eigenvalue weighted by molar-refractivity contribution is -0.133. The number of hydrogen-bond acceptors (Lipinski definition) is 7. The van der Waals surface area contributed by atoms with Crippen molar-refractivity contribution in [2.75, 3.05) is 36.0 Å². The maximum atomic E-state index is 5.95. The van der Waals surface area contributed by atoms with Crippen LogP contribution in [0.15, 0.2) is 6.07 Å². The van der Waals surface area contributed by atoms with Gasteiger partial charge in [-0.25, -0.2) is 0 Å². The SMILES string of the molecule is NCc1nnc(N2CC3CC(C2)O3)cc1N1CC2CCC(C1)O2. The molecule has 5 fully saturated rings. The molecule has 0 radical (unpaired) electrons. The molecule has 5 aliphatic rings. The van der Waals surface area contributed by atoms with Crippen molar-refractivity contribution in [1.82, 2.24) is 10.2 Å². The molecule has 6 heterocycles. The monoisotopic (exact) mass is 317 g/mol. The Hall–Kier alpha value is -1.44. The van der Waals surface area contributed by atoms with Gasteiger partial charge in [0.05, 0.1) is 30.1 Å². The average Bonchev–Trinajstić information content (AvgIpc) is 2.92. The van der Waals surface area contributed by atoms with Gasteiger partial charge in [-0.3, -0.25) is 0 Å². The molecule has 0 spiro atoms. The van der Waals surface area contributed by atoms with Gasteiger partial charge in [0.25, 0.3) is 0 Å². The van der Waals surface area contributed by atoms with Gasteiger partial charge in [-0.1, -0.05) is 0 Å². The second-order valence-electron chi connectivity index (χ2n) is 7.12. The maximum absolute atomic E-state index is 5.95. The molecule has 23 heavy (non-hydrogen) atoms. The van der Waals surface area contributed by atoms with Crippen molar-refractivity contribution in [3.8, 4) is 0 Å². The number of morpholine rings is 2. The number of fused-ring (bicyclic) bond motifs is 4. The zero-order valence-corrected chi connectivity index (χ0v) is 13.2. The summed E-state index contributed by atoms with van der Waals surface area (Å²) in [4.78, 5) is 4.70. The van der Waals surface area contributed by atoms with E-state index in [4.69, 9.17) is 15.2 Å². The standard InChI is InChI=1S/C16H23N5O2/c17-5-14-15(20-6-10-1-2-11(7-20)22-10)4-16(19-18-14)21-8-12-3-13(9-21)23-12/h4,10-13H,1-3,5-9,17H2. The lowest BCUT2D eigenvalue weighted by atomic mass is 9.99. The molecule has 1 aromatic heterocycles. The normalized spacial score (nSPS) is 35.3. The number of nitrogens with two attached hydrogens (primary N) is 1. The highest BCUT2D eigenvalue weighted by Crippen LogP contribution is 2.34. The van der Waals surface area contributed by atoms with Crippen LogP contribution in [0, 0.1) is 0 Å². The molecular formula is C16H23N5O2. The third-order valence-corrected chi connectivity index (χ3v) is 5.49. The molecule has 2 N–H and O–H groups in total. The Morgan fingerprint density at radius 2 is 1.57 bits per heavy atom. The summed E-state index contributed by atoms with van der Waals surface area (Å²) in [6, 6.07) is 2.17. The lowest BCUT2D eigenvalue weighted by Gasteiger charge is -2.47. The second-order valence-corrected chi connectivity index (χ2v) is 7.12. The first kappa shape index (κ1) is 13.9. The average molecular weight is 317 g/mol. The van der Waals surface area contributed by atoms with Gasteiger partial charge in [-0.05, 0) is 12.8 Å². The first-order valence-corrected chi connectivity index (χ1v) is 8.66. The van der Waals surface area contributed by atoms with Crippen LogP contribution in [0.2, 0.25) is 0 Å². The van der Waals surface area contributed by atoms with E-state index >= 15 is 0 Å². The van der Waals surface area contributed by atoms with Crippen molar-refractivity contribution < 1.29 is 9.47 Å². The second kappa shape index (κ2) is 5.29. The van der Waals surface area contributed by atoms with Gasteiger partial charge in [0, 0.05) is 45.2 Å². The third-order valence-electron chi connectivity index (χ3n) is 5.49. The molecule has 124 valence electrons. The van der Waals surface area contributed by atoms with Crippen LogP contribution in [-0.2, 0) is 16.0 Å². The summed E-state index contributed by atoms with van der Waals surface area (Å²) in [5.74, 6) is 0.953. The van der Waals surface area contributed by atoms with Crippen molar-refractivity contribution in [3.63, 3.8) is 0 Å². The molecule has 7 nitrogen and oxygen atoms in total. The molecule has 7 heteroatoms. The van der Waals surface area contributed by atoms with Gasteiger partial charge < -0.3 is 25.0 Å². The van der Waals surface area contributed by atoms with E-state index in [0.717, 1.165) is 56.2 Å². The first-order valence-electron chi connectivity index (χ1n) is 8.66. The highest BCUT2D eigenvalue weighted by Gasteiger charge is 2.39. The molecule has 4 bridgehead atoms.